The zero-order valence-corrected chi connectivity index (χ0v) is 14.6. The second-order valence-electron chi connectivity index (χ2n) is 5.83. The second-order valence-corrected chi connectivity index (χ2v) is 5.83. The summed E-state index contributed by atoms with van der Waals surface area (Å²) in [7, 11) is 0. The van der Waals surface area contributed by atoms with Crippen molar-refractivity contribution in [2.24, 2.45) is 5.73 Å². The van der Waals surface area contributed by atoms with Gasteiger partial charge in [0.05, 0.1) is 0 Å². The van der Waals surface area contributed by atoms with Gasteiger partial charge in [0.15, 0.2) is 6.10 Å². The largest absolute Gasteiger partial charge is 0.451 e. The molecule has 2 aromatic rings. The summed E-state index contributed by atoms with van der Waals surface area (Å²) in [6.07, 6.45) is -1.00. The average Bonchev–Trinajstić information content (AvgIpc) is 2.61. The third-order valence-corrected chi connectivity index (χ3v) is 3.64. The summed E-state index contributed by atoms with van der Waals surface area (Å²) >= 11 is 0. The zero-order valence-electron chi connectivity index (χ0n) is 14.6. The Labute approximate surface area is 155 Å². The van der Waals surface area contributed by atoms with Gasteiger partial charge in [-0.1, -0.05) is 36.4 Å². The third-order valence-electron chi connectivity index (χ3n) is 3.64. The van der Waals surface area contributed by atoms with E-state index in [9.17, 15) is 18.8 Å². The summed E-state index contributed by atoms with van der Waals surface area (Å²) in [6, 6.07) is 12.3. The first-order chi connectivity index (χ1) is 12.8. The molecule has 0 aliphatic carbocycles. The molecule has 2 aromatic carbocycles. The number of carbonyl (C=O) groups excluding carboxylic acids is 3. The number of halogens is 1. The summed E-state index contributed by atoms with van der Waals surface area (Å²) in [4.78, 5) is 35.7. The van der Waals surface area contributed by atoms with Crippen LogP contribution in [-0.4, -0.2) is 30.1 Å². The van der Waals surface area contributed by atoms with E-state index in [0.717, 1.165) is 11.6 Å². The fourth-order valence-corrected chi connectivity index (χ4v) is 2.33. The molecular formula is C19H20FN3O4. The molecule has 0 aromatic heterocycles. The first-order valence-electron chi connectivity index (χ1n) is 8.22. The third kappa shape index (κ3) is 6.43. The van der Waals surface area contributed by atoms with E-state index < -0.39 is 35.9 Å². The standard InChI is InChI=1S/C19H20FN3O4/c1-12(17(24)22-15-9-5-8-14(20)11-15)27-18(25)16(23-19(21)26)10-13-6-3-2-4-7-13/h2-9,11-12,16H,10H2,1H3,(H,22,24)(H3,21,23,26)/t12-,16+/m1/s1. The van der Waals surface area contributed by atoms with E-state index in [2.05, 4.69) is 10.6 Å². The Morgan fingerprint density at radius 2 is 1.81 bits per heavy atom. The van der Waals surface area contributed by atoms with Crippen molar-refractivity contribution in [3.8, 4) is 0 Å². The van der Waals surface area contributed by atoms with Crippen LogP contribution in [-0.2, 0) is 20.7 Å². The molecule has 0 bridgehead atoms. The van der Waals surface area contributed by atoms with Crippen molar-refractivity contribution in [1.82, 2.24) is 5.32 Å². The molecule has 27 heavy (non-hydrogen) atoms. The number of nitrogens with one attached hydrogen (secondary N) is 2. The quantitative estimate of drug-likeness (QED) is 0.645. The van der Waals surface area contributed by atoms with Crippen LogP contribution in [0.5, 0.6) is 0 Å². The lowest BCUT2D eigenvalue weighted by atomic mass is 10.1. The molecule has 0 unspecified atom stereocenters. The molecule has 3 amide bonds. The highest BCUT2D eigenvalue weighted by atomic mass is 19.1. The first-order valence-corrected chi connectivity index (χ1v) is 8.22. The highest BCUT2D eigenvalue weighted by molar-refractivity contribution is 5.95. The number of anilines is 1. The number of ether oxygens (including phenoxy) is 1. The lowest BCUT2D eigenvalue weighted by Crippen LogP contribution is -2.47. The van der Waals surface area contributed by atoms with Crippen LogP contribution >= 0.6 is 0 Å². The predicted molar refractivity (Wildman–Crippen MR) is 97.2 cm³/mol. The van der Waals surface area contributed by atoms with Crippen molar-refractivity contribution in [3.63, 3.8) is 0 Å². The second kappa shape index (κ2) is 9.33. The number of esters is 1. The number of hydrogen-bond acceptors (Lipinski definition) is 4. The van der Waals surface area contributed by atoms with Gasteiger partial charge in [0, 0.05) is 12.1 Å². The van der Waals surface area contributed by atoms with Gasteiger partial charge in [-0.15, -0.1) is 0 Å². The van der Waals surface area contributed by atoms with Crippen LogP contribution in [0.15, 0.2) is 54.6 Å². The van der Waals surface area contributed by atoms with Crippen molar-refractivity contribution >= 4 is 23.6 Å². The molecule has 0 saturated carbocycles. The van der Waals surface area contributed by atoms with E-state index in [1.54, 1.807) is 24.3 Å². The first kappa shape index (κ1) is 19.9. The van der Waals surface area contributed by atoms with Crippen LogP contribution in [0.4, 0.5) is 14.9 Å². The molecule has 142 valence electrons. The summed E-state index contributed by atoms with van der Waals surface area (Å²) in [5, 5.41) is 4.76. The van der Waals surface area contributed by atoms with Gasteiger partial charge in [0.25, 0.3) is 5.91 Å². The van der Waals surface area contributed by atoms with Crippen molar-refractivity contribution < 1.29 is 23.5 Å². The van der Waals surface area contributed by atoms with Gasteiger partial charge in [-0.2, -0.15) is 0 Å². The van der Waals surface area contributed by atoms with Crippen molar-refractivity contribution in [2.75, 3.05) is 5.32 Å². The monoisotopic (exact) mass is 373 g/mol. The minimum absolute atomic E-state index is 0.154. The van der Waals surface area contributed by atoms with Gasteiger partial charge in [-0.05, 0) is 30.7 Å². The van der Waals surface area contributed by atoms with Crippen LogP contribution in [0.2, 0.25) is 0 Å². The fourth-order valence-electron chi connectivity index (χ4n) is 2.33. The summed E-state index contributed by atoms with van der Waals surface area (Å²) in [5.41, 5.74) is 6.14. The lowest BCUT2D eigenvalue weighted by molar-refractivity contribution is -0.155. The zero-order chi connectivity index (χ0) is 19.8. The fraction of sp³-hybridized carbons (Fsp3) is 0.211. The van der Waals surface area contributed by atoms with Crippen LogP contribution in [0, 0.1) is 5.82 Å². The SMILES string of the molecule is C[C@@H](OC(=O)[C@H](Cc1ccccc1)NC(N)=O)C(=O)Nc1cccc(F)c1. The number of hydrogen-bond donors (Lipinski definition) is 3. The molecule has 2 atom stereocenters. The van der Waals surface area contributed by atoms with E-state index in [0.29, 0.717) is 0 Å². The maximum absolute atomic E-state index is 13.2. The maximum atomic E-state index is 13.2. The predicted octanol–water partition coefficient (Wildman–Crippen LogP) is 1.98. The Hall–Kier alpha value is -3.42. The molecule has 7 nitrogen and oxygen atoms in total. The average molecular weight is 373 g/mol. The number of amides is 3. The number of urea groups is 1. The van der Waals surface area contributed by atoms with E-state index in [-0.39, 0.29) is 12.1 Å². The molecule has 0 radical (unpaired) electrons. The number of rotatable bonds is 7. The molecule has 0 fully saturated rings. The highest BCUT2D eigenvalue weighted by Crippen LogP contribution is 2.11. The Morgan fingerprint density at radius 3 is 2.44 bits per heavy atom. The number of primary amides is 1. The van der Waals surface area contributed by atoms with E-state index in [4.69, 9.17) is 10.5 Å². The molecular weight excluding hydrogens is 353 g/mol. The number of carbonyl (C=O) groups is 3. The van der Waals surface area contributed by atoms with Gasteiger partial charge in [0.2, 0.25) is 0 Å². The van der Waals surface area contributed by atoms with Crippen LogP contribution in [0.1, 0.15) is 12.5 Å². The summed E-state index contributed by atoms with van der Waals surface area (Å²) in [6.45, 7) is 1.37. The Morgan fingerprint density at radius 1 is 1.11 bits per heavy atom. The Bertz CT molecular complexity index is 814. The van der Waals surface area contributed by atoms with Crippen molar-refractivity contribution in [1.29, 1.82) is 0 Å². The van der Waals surface area contributed by atoms with Crippen LogP contribution < -0.4 is 16.4 Å². The molecule has 2 rings (SSSR count). The van der Waals surface area contributed by atoms with E-state index in [1.165, 1.54) is 25.1 Å². The molecule has 0 aliphatic heterocycles. The minimum atomic E-state index is -1.16. The number of benzene rings is 2. The highest BCUT2D eigenvalue weighted by Gasteiger charge is 2.26. The van der Waals surface area contributed by atoms with Crippen molar-refractivity contribution in [2.45, 2.75) is 25.5 Å². The Kier molecular flexibility index (Phi) is 6.87. The maximum Gasteiger partial charge on any atom is 0.329 e. The van der Waals surface area contributed by atoms with Gasteiger partial charge in [-0.3, -0.25) is 4.79 Å². The van der Waals surface area contributed by atoms with E-state index in [1.807, 2.05) is 6.07 Å². The summed E-state index contributed by atoms with van der Waals surface area (Å²) < 4.78 is 18.3. The van der Waals surface area contributed by atoms with Gasteiger partial charge in [0.1, 0.15) is 11.9 Å². The molecule has 0 aliphatic rings. The van der Waals surface area contributed by atoms with Crippen molar-refractivity contribution in [3.05, 3.63) is 66.0 Å². The Balaban J connectivity index is 1.99. The van der Waals surface area contributed by atoms with Gasteiger partial charge >= 0.3 is 12.0 Å². The normalized spacial score (nSPS) is 12.5. The molecule has 0 saturated heterocycles. The van der Waals surface area contributed by atoms with Crippen LogP contribution in [0.25, 0.3) is 0 Å². The number of nitrogens with two attached hydrogens (primary N) is 1. The molecule has 8 heteroatoms. The van der Waals surface area contributed by atoms with Crippen LogP contribution in [0.3, 0.4) is 0 Å². The minimum Gasteiger partial charge on any atom is -0.451 e. The van der Waals surface area contributed by atoms with Gasteiger partial charge in [-0.25, -0.2) is 14.0 Å². The molecule has 4 N–H and O–H groups in total. The molecule has 0 heterocycles. The van der Waals surface area contributed by atoms with Gasteiger partial charge < -0.3 is 21.1 Å². The lowest BCUT2D eigenvalue weighted by Gasteiger charge is -2.19. The molecule has 0 spiro atoms. The van der Waals surface area contributed by atoms with E-state index >= 15 is 0 Å². The smallest absolute Gasteiger partial charge is 0.329 e. The topological polar surface area (TPSA) is 111 Å². The summed E-state index contributed by atoms with van der Waals surface area (Å²) in [5.74, 6) is -1.95.